The van der Waals surface area contributed by atoms with Gasteiger partial charge in [0.05, 0.1) is 40.0 Å². The van der Waals surface area contributed by atoms with Gasteiger partial charge in [-0.05, 0) is 35.4 Å². The Morgan fingerprint density at radius 2 is 1.62 bits per heavy atom. The fourth-order valence-electron chi connectivity index (χ4n) is 4.60. The molecule has 4 rings (SSSR count). The molecule has 0 radical (unpaired) electrons. The Morgan fingerprint density at radius 3 is 2.27 bits per heavy atom. The summed E-state index contributed by atoms with van der Waals surface area (Å²) >= 11 is 0. The van der Waals surface area contributed by atoms with Crippen LogP contribution < -0.4 is 18.9 Å². The van der Waals surface area contributed by atoms with E-state index in [-0.39, 0.29) is 24.7 Å². The van der Waals surface area contributed by atoms with E-state index in [1.165, 1.54) is 14.2 Å². The number of aliphatic hydroxyl groups is 6. The number of fused-ring (bicyclic) bond motifs is 1. The molecule has 202 valence electrons. The molecule has 0 aromatic heterocycles. The summed E-state index contributed by atoms with van der Waals surface area (Å²) in [7, 11) is 2.95. The van der Waals surface area contributed by atoms with Gasteiger partial charge in [-0.2, -0.15) is 0 Å². The number of ether oxygens (including phenoxy) is 5. The molecule has 6 N–H and O–H groups in total. The third-order valence-electron chi connectivity index (χ3n) is 6.56. The standard InChI is InChI=1S/C26H32O11/c1-33-18-10-14(5-6-17(18)35-26-23(32)22(31)21(30)20(12-29)36-26)24-16(11-28)15-8-13(4-3-7-27)9-19(34-2)25(15)37-24/h3-6,8-10,16,20-24,26-32H,7,11-12H2,1-2H3/t16-,20+,21+,22+,23+,24-,26+/m1/s1. The van der Waals surface area contributed by atoms with Gasteiger partial charge in [0.2, 0.25) is 6.29 Å². The molecule has 2 aliphatic rings. The van der Waals surface area contributed by atoms with Gasteiger partial charge in [-0.3, -0.25) is 0 Å². The minimum Gasteiger partial charge on any atom is -0.493 e. The molecule has 37 heavy (non-hydrogen) atoms. The highest BCUT2D eigenvalue weighted by molar-refractivity contribution is 5.62. The fraction of sp³-hybridized carbons (Fsp3) is 0.462. The summed E-state index contributed by atoms with van der Waals surface area (Å²) in [5.74, 6) is 1.03. The van der Waals surface area contributed by atoms with Crippen LogP contribution in [0.4, 0.5) is 0 Å². The number of benzene rings is 2. The lowest BCUT2D eigenvalue weighted by Crippen LogP contribution is -2.60. The first kappa shape index (κ1) is 27.1. The second-order valence-corrected chi connectivity index (χ2v) is 8.78. The molecule has 2 aromatic rings. The van der Waals surface area contributed by atoms with Gasteiger partial charge in [0, 0.05) is 5.56 Å². The molecule has 0 saturated carbocycles. The van der Waals surface area contributed by atoms with E-state index in [1.807, 2.05) is 6.07 Å². The zero-order valence-corrected chi connectivity index (χ0v) is 20.4. The molecule has 2 heterocycles. The third kappa shape index (κ3) is 5.25. The van der Waals surface area contributed by atoms with Crippen LogP contribution in [0.2, 0.25) is 0 Å². The van der Waals surface area contributed by atoms with Gasteiger partial charge in [0.25, 0.3) is 0 Å². The van der Waals surface area contributed by atoms with Crippen molar-refractivity contribution in [3.8, 4) is 23.0 Å². The molecule has 0 spiro atoms. The van der Waals surface area contributed by atoms with Crippen molar-refractivity contribution in [1.82, 2.24) is 0 Å². The van der Waals surface area contributed by atoms with Crippen molar-refractivity contribution in [2.75, 3.05) is 34.0 Å². The molecule has 2 aliphatic heterocycles. The Kier molecular flexibility index (Phi) is 8.55. The van der Waals surface area contributed by atoms with Crippen LogP contribution >= 0.6 is 0 Å². The van der Waals surface area contributed by atoms with E-state index < -0.39 is 49.3 Å². The van der Waals surface area contributed by atoms with Crippen LogP contribution in [0.1, 0.15) is 28.7 Å². The Balaban J connectivity index is 1.61. The van der Waals surface area contributed by atoms with Crippen molar-refractivity contribution in [1.29, 1.82) is 0 Å². The number of methoxy groups -OCH3 is 2. The number of hydrogen-bond acceptors (Lipinski definition) is 11. The maximum absolute atomic E-state index is 10.3. The molecule has 0 bridgehead atoms. The molecule has 11 heteroatoms. The number of rotatable bonds is 9. The van der Waals surface area contributed by atoms with E-state index >= 15 is 0 Å². The van der Waals surface area contributed by atoms with Crippen molar-refractivity contribution in [3.63, 3.8) is 0 Å². The first-order valence-corrected chi connectivity index (χ1v) is 11.8. The summed E-state index contributed by atoms with van der Waals surface area (Å²) in [5.41, 5.74) is 2.21. The summed E-state index contributed by atoms with van der Waals surface area (Å²) < 4.78 is 28.4. The summed E-state index contributed by atoms with van der Waals surface area (Å²) in [4.78, 5) is 0. The highest BCUT2D eigenvalue weighted by atomic mass is 16.7. The average Bonchev–Trinajstić information content (AvgIpc) is 3.30. The molecule has 0 aliphatic carbocycles. The average molecular weight is 521 g/mol. The molecule has 1 saturated heterocycles. The van der Waals surface area contributed by atoms with Crippen molar-refractivity contribution in [3.05, 3.63) is 53.1 Å². The quantitative estimate of drug-likeness (QED) is 0.265. The van der Waals surface area contributed by atoms with E-state index in [4.69, 9.17) is 28.8 Å². The molecule has 1 fully saturated rings. The molecule has 0 unspecified atom stereocenters. The van der Waals surface area contributed by atoms with E-state index in [1.54, 1.807) is 36.4 Å². The van der Waals surface area contributed by atoms with Crippen LogP contribution in [0.3, 0.4) is 0 Å². The first-order valence-electron chi connectivity index (χ1n) is 11.8. The van der Waals surface area contributed by atoms with Crippen LogP contribution in [0, 0.1) is 0 Å². The van der Waals surface area contributed by atoms with Gasteiger partial charge >= 0.3 is 0 Å². The maximum Gasteiger partial charge on any atom is 0.229 e. The Labute approximate surface area is 213 Å². The summed E-state index contributed by atoms with van der Waals surface area (Å²) in [6.07, 6.45) is -4.38. The van der Waals surface area contributed by atoms with Gasteiger partial charge in [-0.25, -0.2) is 0 Å². The monoisotopic (exact) mass is 520 g/mol. The number of aliphatic hydroxyl groups excluding tert-OH is 6. The maximum atomic E-state index is 10.3. The van der Waals surface area contributed by atoms with Crippen LogP contribution in [0.15, 0.2) is 36.4 Å². The molecular weight excluding hydrogens is 488 g/mol. The Morgan fingerprint density at radius 1 is 0.865 bits per heavy atom. The molecule has 7 atom stereocenters. The largest absolute Gasteiger partial charge is 0.493 e. The Bertz CT molecular complexity index is 1100. The number of hydrogen-bond donors (Lipinski definition) is 6. The van der Waals surface area contributed by atoms with E-state index in [0.29, 0.717) is 17.1 Å². The van der Waals surface area contributed by atoms with Crippen LogP contribution in [-0.2, 0) is 4.74 Å². The van der Waals surface area contributed by atoms with E-state index in [9.17, 15) is 25.5 Å². The second kappa shape index (κ2) is 11.7. The van der Waals surface area contributed by atoms with Crippen molar-refractivity contribution in [2.45, 2.75) is 42.7 Å². The van der Waals surface area contributed by atoms with Gasteiger partial charge < -0.3 is 54.3 Å². The minimum atomic E-state index is -1.58. The zero-order chi connectivity index (χ0) is 26.7. The predicted octanol–water partition coefficient (Wildman–Crippen LogP) is 0.0976. The second-order valence-electron chi connectivity index (χ2n) is 8.78. The van der Waals surface area contributed by atoms with Crippen LogP contribution in [0.25, 0.3) is 6.08 Å². The van der Waals surface area contributed by atoms with Gasteiger partial charge in [-0.1, -0.05) is 18.2 Å². The van der Waals surface area contributed by atoms with E-state index in [2.05, 4.69) is 0 Å². The van der Waals surface area contributed by atoms with Gasteiger partial charge in [-0.15, -0.1) is 0 Å². The smallest absolute Gasteiger partial charge is 0.229 e. The lowest BCUT2D eigenvalue weighted by Gasteiger charge is -2.39. The molecule has 2 aromatic carbocycles. The van der Waals surface area contributed by atoms with E-state index in [0.717, 1.165) is 11.1 Å². The first-order chi connectivity index (χ1) is 17.9. The normalized spacial score (nSPS) is 29.1. The lowest BCUT2D eigenvalue weighted by atomic mass is 9.90. The van der Waals surface area contributed by atoms with Crippen molar-refractivity contribution < 1.29 is 54.3 Å². The van der Waals surface area contributed by atoms with Crippen LogP contribution in [-0.4, -0.2) is 95.4 Å². The van der Waals surface area contributed by atoms with Crippen LogP contribution in [0.5, 0.6) is 23.0 Å². The highest BCUT2D eigenvalue weighted by Gasteiger charge is 2.45. The minimum absolute atomic E-state index is 0.112. The van der Waals surface area contributed by atoms with Gasteiger partial charge in [0.1, 0.15) is 30.5 Å². The SMILES string of the molecule is COc1cc([C@H]2Oc3c(OC)cc(C=CCO)cc3[C@H]2CO)ccc1O[C@H]1O[C@@H](CO)[C@H](O)[C@H](O)[C@@H]1O. The van der Waals surface area contributed by atoms with Crippen molar-refractivity contribution >= 4 is 6.08 Å². The molecule has 0 amide bonds. The summed E-state index contributed by atoms with van der Waals surface area (Å²) in [6, 6.07) is 8.60. The Hall–Kier alpha value is -2.90. The zero-order valence-electron chi connectivity index (χ0n) is 20.4. The molecular formula is C26H32O11. The predicted molar refractivity (Wildman–Crippen MR) is 130 cm³/mol. The van der Waals surface area contributed by atoms with Crippen molar-refractivity contribution in [2.24, 2.45) is 0 Å². The lowest BCUT2D eigenvalue weighted by molar-refractivity contribution is -0.277. The summed E-state index contributed by atoms with van der Waals surface area (Å²) in [6.45, 7) is -0.900. The topological polar surface area (TPSA) is 168 Å². The van der Waals surface area contributed by atoms with Gasteiger partial charge in [0.15, 0.2) is 23.0 Å². The third-order valence-corrected chi connectivity index (χ3v) is 6.56. The highest BCUT2D eigenvalue weighted by Crippen LogP contribution is 2.51. The molecule has 11 nitrogen and oxygen atoms in total. The fourth-order valence-corrected chi connectivity index (χ4v) is 4.60. The summed E-state index contributed by atoms with van der Waals surface area (Å²) in [5, 5.41) is 59.1.